The van der Waals surface area contributed by atoms with Crippen LogP contribution in [0.2, 0.25) is 0 Å². The van der Waals surface area contributed by atoms with Crippen molar-refractivity contribution in [3.8, 4) is 11.8 Å². The Bertz CT molecular complexity index is 1270. The zero-order valence-corrected chi connectivity index (χ0v) is 16.5. The van der Waals surface area contributed by atoms with Gasteiger partial charge in [0.2, 0.25) is 0 Å². The number of aliphatic hydroxyl groups is 2. The summed E-state index contributed by atoms with van der Waals surface area (Å²) >= 11 is 0. The molecule has 4 atom stereocenters. The van der Waals surface area contributed by atoms with Gasteiger partial charge in [-0.25, -0.2) is 24.5 Å². The fourth-order valence-electron chi connectivity index (χ4n) is 3.05. The minimum absolute atomic E-state index is 0.266. The van der Waals surface area contributed by atoms with Crippen molar-refractivity contribution in [2.45, 2.75) is 24.5 Å². The van der Waals surface area contributed by atoms with Crippen molar-refractivity contribution in [1.29, 1.82) is 0 Å². The Morgan fingerprint density at radius 3 is 2.61 bits per heavy atom. The molecule has 0 amide bonds. The zero-order valence-electron chi connectivity index (χ0n) is 15.7. The molecule has 11 nitrogen and oxygen atoms in total. The molecule has 0 radical (unpaired) electrons. The number of hydrogen-bond acceptors (Lipinski definition) is 9. The number of nitrogens with zero attached hydrogens (tertiary/aromatic N) is 4. The summed E-state index contributed by atoms with van der Waals surface area (Å²) < 4.78 is 46.3. The summed E-state index contributed by atoms with van der Waals surface area (Å²) in [7, 11) is -4.24. The van der Waals surface area contributed by atoms with Gasteiger partial charge in [0.05, 0.1) is 12.9 Å². The lowest BCUT2D eigenvalue weighted by Crippen LogP contribution is -2.35. The Labute approximate surface area is 175 Å². The maximum atomic E-state index is 13.0. The largest absolute Gasteiger partial charge is 0.387 e. The molecule has 4 N–H and O–H groups in total. The average Bonchev–Trinajstić information content (AvgIpc) is 3.27. The second-order valence-electron chi connectivity index (χ2n) is 6.63. The SMILES string of the molecule is NS(=O)(=O)OC[C@H]1O[C@@H](n2cnc3c(C#Cc4ccc(F)cc4)ncnc32)[C@H](O)[C@@H]1O. The second kappa shape index (κ2) is 8.27. The molecule has 1 saturated heterocycles. The van der Waals surface area contributed by atoms with Gasteiger partial charge in [-0.3, -0.25) is 8.75 Å². The van der Waals surface area contributed by atoms with Gasteiger partial charge in [0, 0.05) is 5.56 Å². The van der Waals surface area contributed by atoms with E-state index in [1.807, 2.05) is 0 Å². The van der Waals surface area contributed by atoms with Gasteiger partial charge in [0.15, 0.2) is 11.9 Å². The smallest absolute Gasteiger partial charge is 0.333 e. The molecule has 0 spiro atoms. The fourth-order valence-corrected chi connectivity index (χ4v) is 3.38. The molecule has 1 aromatic carbocycles. The molecule has 0 bridgehead atoms. The molecule has 4 rings (SSSR count). The van der Waals surface area contributed by atoms with E-state index >= 15 is 0 Å². The lowest BCUT2D eigenvalue weighted by Gasteiger charge is -2.16. The molecule has 13 heteroatoms. The summed E-state index contributed by atoms with van der Waals surface area (Å²) in [6.07, 6.45) is -2.57. The first-order chi connectivity index (χ1) is 14.7. The zero-order chi connectivity index (χ0) is 22.2. The molecule has 3 aromatic rings. The summed E-state index contributed by atoms with van der Waals surface area (Å²) in [4.78, 5) is 12.4. The third-order valence-electron chi connectivity index (χ3n) is 4.54. The van der Waals surface area contributed by atoms with Gasteiger partial charge in [0.1, 0.15) is 41.7 Å². The highest BCUT2D eigenvalue weighted by molar-refractivity contribution is 7.84. The Balaban J connectivity index is 1.61. The van der Waals surface area contributed by atoms with E-state index in [4.69, 9.17) is 9.88 Å². The van der Waals surface area contributed by atoms with Crippen LogP contribution in [0.25, 0.3) is 11.2 Å². The highest BCUT2D eigenvalue weighted by atomic mass is 32.2. The summed E-state index contributed by atoms with van der Waals surface area (Å²) in [5, 5.41) is 25.3. The van der Waals surface area contributed by atoms with Crippen LogP contribution in [-0.4, -0.2) is 63.1 Å². The fraction of sp³-hybridized carbons (Fsp3) is 0.278. The van der Waals surface area contributed by atoms with Gasteiger partial charge in [-0.05, 0) is 30.2 Å². The number of benzene rings is 1. The van der Waals surface area contributed by atoms with Crippen LogP contribution in [0.1, 0.15) is 17.5 Å². The van der Waals surface area contributed by atoms with Crippen LogP contribution >= 0.6 is 0 Å². The summed E-state index contributed by atoms with van der Waals surface area (Å²) in [6.45, 7) is -0.580. The number of aromatic nitrogens is 4. The van der Waals surface area contributed by atoms with Gasteiger partial charge >= 0.3 is 10.3 Å². The van der Waals surface area contributed by atoms with Gasteiger partial charge in [-0.15, -0.1) is 0 Å². The highest BCUT2D eigenvalue weighted by Gasteiger charge is 2.44. The minimum Gasteiger partial charge on any atom is -0.387 e. The van der Waals surface area contributed by atoms with E-state index in [0.29, 0.717) is 11.1 Å². The van der Waals surface area contributed by atoms with E-state index in [1.54, 1.807) is 0 Å². The molecule has 1 aliphatic heterocycles. The number of hydrogen-bond donors (Lipinski definition) is 3. The van der Waals surface area contributed by atoms with Crippen LogP contribution in [0.5, 0.6) is 0 Å². The van der Waals surface area contributed by atoms with Gasteiger partial charge < -0.3 is 14.9 Å². The minimum atomic E-state index is -4.24. The Kier molecular flexibility index (Phi) is 5.67. The van der Waals surface area contributed by atoms with E-state index in [-0.39, 0.29) is 17.2 Å². The first kappa shape index (κ1) is 21.2. The lowest BCUT2D eigenvalue weighted by atomic mass is 10.1. The van der Waals surface area contributed by atoms with Gasteiger partial charge in [-0.2, -0.15) is 8.42 Å². The lowest BCUT2D eigenvalue weighted by molar-refractivity contribution is -0.0467. The van der Waals surface area contributed by atoms with Crippen molar-refractivity contribution in [3.63, 3.8) is 0 Å². The molecule has 1 aliphatic rings. The number of nitrogens with two attached hydrogens (primary N) is 1. The number of imidazole rings is 1. The predicted octanol–water partition coefficient (Wildman–Crippen LogP) is -0.796. The molecule has 0 unspecified atom stereocenters. The Hall–Kier alpha value is -2.99. The van der Waals surface area contributed by atoms with Crippen LogP contribution in [0.4, 0.5) is 4.39 Å². The van der Waals surface area contributed by atoms with Gasteiger partial charge in [0.25, 0.3) is 0 Å². The van der Waals surface area contributed by atoms with Crippen LogP contribution in [0.3, 0.4) is 0 Å². The number of rotatable bonds is 4. The van der Waals surface area contributed by atoms with E-state index < -0.39 is 41.5 Å². The predicted molar refractivity (Wildman–Crippen MR) is 103 cm³/mol. The molecule has 2 aromatic heterocycles. The summed E-state index contributed by atoms with van der Waals surface area (Å²) in [6, 6.07) is 5.61. The first-order valence-electron chi connectivity index (χ1n) is 8.87. The van der Waals surface area contributed by atoms with Crippen molar-refractivity contribution in [1.82, 2.24) is 19.5 Å². The number of ether oxygens (including phenoxy) is 1. The first-order valence-corrected chi connectivity index (χ1v) is 10.3. The monoisotopic (exact) mass is 449 g/mol. The van der Waals surface area contributed by atoms with Crippen LogP contribution in [0.15, 0.2) is 36.9 Å². The van der Waals surface area contributed by atoms with Crippen LogP contribution < -0.4 is 5.14 Å². The van der Waals surface area contributed by atoms with Crippen molar-refractivity contribution in [2.75, 3.05) is 6.61 Å². The Morgan fingerprint density at radius 2 is 1.90 bits per heavy atom. The average molecular weight is 449 g/mol. The van der Waals surface area contributed by atoms with E-state index in [0.717, 1.165) is 0 Å². The normalized spacial score (nSPS) is 23.6. The summed E-state index contributed by atoms with van der Waals surface area (Å²) in [5.74, 6) is 5.31. The van der Waals surface area contributed by atoms with E-state index in [9.17, 15) is 23.0 Å². The third-order valence-corrected chi connectivity index (χ3v) is 5.00. The van der Waals surface area contributed by atoms with Crippen LogP contribution in [-0.2, 0) is 19.2 Å². The molecule has 3 heterocycles. The molecular weight excluding hydrogens is 433 g/mol. The molecule has 1 fully saturated rings. The third kappa shape index (κ3) is 4.54. The maximum Gasteiger partial charge on any atom is 0.333 e. The maximum absolute atomic E-state index is 13.0. The molecule has 0 aliphatic carbocycles. The summed E-state index contributed by atoms with van der Waals surface area (Å²) in [5.41, 5.74) is 1.44. The van der Waals surface area contributed by atoms with Crippen molar-refractivity contribution in [2.24, 2.45) is 5.14 Å². The van der Waals surface area contributed by atoms with Gasteiger partial charge in [-0.1, -0.05) is 5.92 Å². The molecular formula is C18H16FN5O6S. The standard InChI is InChI=1S/C18H16FN5O6S/c19-11-4-1-10(2-5-11)3-6-12-14-17(22-8-21-12)24(9-23-14)18-16(26)15(25)13(30-18)7-29-31(20,27)28/h1-2,4-5,8-9,13,15-16,18,25-26H,7H2,(H2,20,27,28)/t13-,15-,16-,18-/m1/s1. The van der Waals surface area contributed by atoms with Crippen molar-refractivity contribution < 1.29 is 31.9 Å². The quantitative estimate of drug-likeness (QED) is 0.433. The van der Waals surface area contributed by atoms with Crippen LogP contribution in [0, 0.1) is 17.7 Å². The number of halogens is 1. The Morgan fingerprint density at radius 1 is 1.16 bits per heavy atom. The highest BCUT2D eigenvalue weighted by Crippen LogP contribution is 2.31. The number of fused-ring (bicyclic) bond motifs is 1. The molecule has 0 saturated carbocycles. The van der Waals surface area contributed by atoms with Crippen molar-refractivity contribution >= 4 is 21.5 Å². The van der Waals surface area contributed by atoms with E-state index in [2.05, 4.69) is 31.0 Å². The second-order valence-corrected chi connectivity index (χ2v) is 7.85. The topological polar surface area (TPSA) is 163 Å². The van der Waals surface area contributed by atoms with E-state index in [1.165, 1.54) is 41.5 Å². The molecule has 162 valence electrons. The molecule has 31 heavy (non-hydrogen) atoms. The number of aliphatic hydroxyl groups excluding tert-OH is 2. The van der Waals surface area contributed by atoms with Crippen molar-refractivity contribution in [3.05, 3.63) is 54.0 Å².